The summed E-state index contributed by atoms with van der Waals surface area (Å²) < 4.78 is 0.786. The van der Waals surface area contributed by atoms with E-state index < -0.39 is 0 Å². The number of benzene rings is 2. The van der Waals surface area contributed by atoms with Crippen LogP contribution in [0.15, 0.2) is 40.9 Å². The number of para-hydroxylation sites is 1. The molecule has 2 nitrogen and oxygen atoms in total. The van der Waals surface area contributed by atoms with Crippen molar-refractivity contribution in [1.29, 1.82) is 0 Å². The zero-order valence-corrected chi connectivity index (χ0v) is 14.5. The van der Waals surface area contributed by atoms with Crippen LogP contribution in [0.3, 0.4) is 0 Å². The van der Waals surface area contributed by atoms with Gasteiger partial charge in [0.05, 0.1) is 0 Å². The predicted octanol–water partition coefficient (Wildman–Crippen LogP) is 5.79. The average molecular weight is 367 g/mol. The quantitative estimate of drug-likeness (QED) is 0.732. The Kier molecular flexibility index (Phi) is 5.07. The minimum atomic E-state index is -0.158. The number of aryl methyl sites for hydroxylation is 1. The summed E-state index contributed by atoms with van der Waals surface area (Å²) in [6.45, 7) is 6.22. The van der Waals surface area contributed by atoms with Crippen molar-refractivity contribution in [2.24, 2.45) is 0 Å². The van der Waals surface area contributed by atoms with Gasteiger partial charge in [0.1, 0.15) is 0 Å². The molecule has 0 unspecified atom stereocenters. The Bertz CT molecular complexity index is 662. The van der Waals surface area contributed by atoms with E-state index in [2.05, 4.69) is 35.1 Å². The lowest BCUT2D eigenvalue weighted by atomic mass is 9.98. The molecule has 0 aromatic heterocycles. The van der Waals surface area contributed by atoms with Crippen molar-refractivity contribution in [3.63, 3.8) is 0 Å². The number of nitrogens with one attached hydrogen (secondary N) is 1. The number of hydrogen-bond donors (Lipinski definition) is 1. The van der Waals surface area contributed by atoms with Gasteiger partial charge < -0.3 is 5.32 Å². The summed E-state index contributed by atoms with van der Waals surface area (Å²) in [5.41, 5.74) is 3.60. The second kappa shape index (κ2) is 6.63. The first-order chi connectivity index (χ1) is 9.88. The third kappa shape index (κ3) is 3.86. The molecule has 2 aromatic rings. The lowest BCUT2D eigenvalue weighted by Crippen LogP contribution is -2.14. The topological polar surface area (TPSA) is 29.1 Å². The molecular formula is C17H17BrClNO. The highest BCUT2D eigenvalue weighted by Crippen LogP contribution is 2.28. The van der Waals surface area contributed by atoms with E-state index in [4.69, 9.17) is 11.6 Å². The van der Waals surface area contributed by atoms with Gasteiger partial charge in [-0.15, -0.1) is 0 Å². The van der Waals surface area contributed by atoms with Crippen molar-refractivity contribution in [2.45, 2.75) is 26.7 Å². The van der Waals surface area contributed by atoms with Crippen LogP contribution in [0.25, 0.3) is 0 Å². The standard InChI is InChI=1S/C17H17BrClNO/c1-10(2)15-6-4-5-11(3)16(15)20-17(21)12-7-13(18)9-14(19)8-12/h4-10H,1-3H3,(H,20,21). The lowest BCUT2D eigenvalue weighted by molar-refractivity contribution is 0.102. The highest BCUT2D eigenvalue weighted by Gasteiger charge is 2.14. The van der Waals surface area contributed by atoms with Gasteiger partial charge in [-0.25, -0.2) is 0 Å². The van der Waals surface area contributed by atoms with Crippen LogP contribution in [0.2, 0.25) is 5.02 Å². The Morgan fingerprint density at radius 3 is 2.57 bits per heavy atom. The van der Waals surface area contributed by atoms with Crippen LogP contribution >= 0.6 is 27.5 Å². The number of hydrogen-bond acceptors (Lipinski definition) is 1. The van der Waals surface area contributed by atoms with E-state index >= 15 is 0 Å². The minimum absolute atomic E-state index is 0.158. The molecule has 1 N–H and O–H groups in total. The summed E-state index contributed by atoms with van der Waals surface area (Å²) in [6.07, 6.45) is 0. The molecule has 2 aromatic carbocycles. The van der Waals surface area contributed by atoms with Crippen molar-refractivity contribution in [3.8, 4) is 0 Å². The fourth-order valence-corrected chi connectivity index (χ4v) is 3.07. The Morgan fingerprint density at radius 1 is 1.24 bits per heavy atom. The number of carbonyl (C=O) groups is 1. The molecule has 1 amide bonds. The van der Waals surface area contributed by atoms with Crippen molar-refractivity contribution in [2.75, 3.05) is 5.32 Å². The second-order valence-corrected chi connectivity index (χ2v) is 6.66. The number of rotatable bonds is 3. The molecular weight excluding hydrogens is 350 g/mol. The monoisotopic (exact) mass is 365 g/mol. The van der Waals surface area contributed by atoms with Crippen LogP contribution < -0.4 is 5.32 Å². The van der Waals surface area contributed by atoms with Crippen LogP contribution in [-0.2, 0) is 0 Å². The lowest BCUT2D eigenvalue weighted by Gasteiger charge is -2.16. The first-order valence-corrected chi connectivity index (χ1v) is 7.92. The van der Waals surface area contributed by atoms with Crippen molar-refractivity contribution in [3.05, 3.63) is 62.6 Å². The average Bonchev–Trinajstić information content (AvgIpc) is 2.39. The van der Waals surface area contributed by atoms with Gasteiger partial charge in [0.2, 0.25) is 0 Å². The Morgan fingerprint density at radius 2 is 1.95 bits per heavy atom. The van der Waals surface area contributed by atoms with Crippen molar-refractivity contribution in [1.82, 2.24) is 0 Å². The van der Waals surface area contributed by atoms with E-state index in [0.717, 1.165) is 21.3 Å². The molecule has 0 fully saturated rings. The van der Waals surface area contributed by atoms with E-state index in [9.17, 15) is 4.79 Å². The molecule has 110 valence electrons. The molecule has 0 radical (unpaired) electrons. The van der Waals surface area contributed by atoms with Crippen LogP contribution in [-0.4, -0.2) is 5.91 Å². The van der Waals surface area contributed by atoms with Crippen molar-refractivity contribution < 1.29 is 4.79 Å². The maximum absolute atomic E-state index is 12.5. The van der Waals surface area contributed by atoms with Gasteiger partial charge in [-0.2, -0.15) is 0 Å². The molecule has 4 heteroatoms. The number of amides is 1. The van der Waals surface area contributed by atoms with E-state index in [0.29, 0.717) is 16.5 Å². The van der Waals surface area contributed by atoms with E-state index in [1.807, 2.05) is 25.1 Å². The Balaban J connectivity index is 2.36. The van der Waals surface area contributed by atoms with Gasteiger partial charge in [0.25, 0.3) is 5.91 Å². The van der Waals surface area contributed by atoms with Gasteiger partial charge in [-0.05, 0) is 42.2 Å². The molecule has 0 bridgehead atoms. The fraction of sp³-hybridized carbons (Fsp3) is 0.235. The Hall–Kier alpha value is -1.32. The molecule has 2 rings (SSSR count). The summed E-state index contributed by atoms with van der Waals surface area (Å²) in [6, 6.07) is 11.2. The van der Waals surface area contributed by atoms with E-state index in [1.54, 1.807) is 18.2 Å². The van der Waals surface area contributed by atoms with Crippen LogP contribution in [0.5, 0.6) is 0 Å². The fourth-order valence-electron chi connectivity index (χ4n) is 2.21. The molecule has 0 aliphatic rings. The summed E-state index contributed by atoms with van der Waals surface area (Å²) in [7, 11) is 0. The number of anilines is 1. The molecule has 0 saturated carbocycles. The first-order valence-electron chi connectivity index (χ1n) is 6.75. The van der Waals surface area contributed by atoms with Gasteiger partial charge in [-0.3, -0.25) is 4.79 Å². The smallest absolute Gasteiger partial charge is 0.255 e. The molecule has 0 heterocycles. The van der Waals surface area contributed by atoms with Crippen molar-refractivity contribution >= 4 is 39.1 Å². The maximum Gasteiger partial charge on any atom is 0.255 e. The molecule has 0 atom stereocenters. The molecule has 21 heavy (non-hydrogen) atoms. The maximum atomic E-state index is 12.5. The molecule has 0 aliphatic heterocycles. The van der Waals surface area contributed by atoms with Crippen LogP contribution in [0.1, 0.15) is 41.3 Å². The summed E-state index contributed by atoms with van der Waals surface area (Å²) in [5, 5.41) is 3.54. The largest absolute Gasteiger partial charge is 0.321 e. The summed E-state index contributed by atoms with van der Waals surface area (Å²) >= 11 is 9.35. The number of carbonyl (C=O) groups excluding carboxylic acids is 1. The Labute approximate surface area is 138 Å². The van der Waals surface area contributed by atoms with Gasteiger partial charge in [-0.1, -0.05) is 59.6 Å². The zero-order valence-electron chi connectivity index (χ0n) is 12.2. The predicted molar refractivity (Wildman–Crippen MR) is 92.4 cm³/mol. The van der Waals surface area contributed by atoms with E-state index in [-0.39, 0.29) is 5.91 Å². The molecule has 0 saturated heterocycles. The number of halogens is 2. The molecule has 0 aliphatic carbocycles. The summed E-state index contributed by atoms with van der Waals surface area (Å²) in [5.74, 6) is 0.181. The third-order valence-electron chi connectivity index (χ3n) is 3.29. The van der Waals surface area contributed by atoms with Crippen LogP contribution in [0.4, 0.5) is 5.69 Å². The van der Waals surface area contributed by atoms with Gasteiger partial charge in [0, 0.05) is 20.7 Å². The van der Waals surface area contributed by atoms with Gasteiger partial charge >= 0.3 is 0 Å². The minimum Gasteiger partial charge on any atom is -0.321 e. The van der Waals surface area contributed by atoms with E-state index in [1.165, 1.54) is 0 Å². The normalized spacial score (nSPS) is 10.8. The highest BCUT2D eigenvalue weighted by molar-refractivity contribution is 9.10. The van der Waals surface area contributed by atoms with Crippen LogP contribution in [0, 0.1) is 6.92 Å². The first kappa shape index (κ1) is 16.1. The second-order valence-electron chi connectivity index (χ2n) is 5.31. The molecule has 0 spiro atoms. The highest BCUT2D eigenvalue weighted by atomic mass is 79.9. The summed E-state index contributed by atoms with van der Waals surface area (Å²) in [4.78, 5) is 12.5. The zero-order chi connectivity index (χ0) is 15.6. The SMILES string of the molecule is Cc1cccc(C(C)C)c1NC(=O)c1cc(Cl)cc(Br)c1. The van der Waals surface area contributed by atoms with Gasteiger partial charge in [0.15, 0.2) is 0 Å². The third-order valence-corrected chi connectivity index (χ3v) is 3.97.